The molecule has 0 aliphatic rings. The Bertz CT molecular complexity index is 1010. The van der Waals surface area contributed by atoms with Crippen molar-refractivity contribution in [2.45, 2.75) is 33.1 Å². The number of ether oxygens (including phenoxy) is 1. The van der Waals surface area contributed by atoms with Crippen molar-refractivity contribution in [3.63, 3.8) is 0 Å². The van der Waals surface area contributed by atoms with Gasteiger partial charge in [0.25, 0.3) is 0 Å². The van der Waals surface area contributed by atoms with E-state index >= 15 is 0 Å². The summed E-state index contributed by atoms with van der Waals surface area (Å²) in [6.45, 7) is 3.97. The normalized spacial score (nSPS) is 10.6. The Balaban J connectivity index is 1.86. The second-order valence-electron chi connectivity index (χ2n) is 6.57. The smallest absolute Gasteiger partial charge is 0.373 e. The molecule has 29 heavy (non-hydrogen) atoms. The maximum absolute atomic E-state index is 11.7. The molecular weight excluding hydrogens is 392 g/mol. The van der Waals surface area contributed by atoms with Crippen molar-refractivity contribution < 1.29 is 9.66 Å². The van der Waals surface area contributed by atoms with E-state index in [2.05, 4.69) is 22.2 Å². The summed E-state index contributed by atoms with van der Waals surface area (Å²) in [5.74, 6) is 0.320. The van der Waals surface area contributed by atoms with Crippen LogP contribution in [0.15, 0.2) is 48.8 Å². The molecule has 150 valence electrons. The van der Waals surface area contributed by atoms with Crippen LogP contribution in [-0.4, -0.2) is 14.9 Å². The number of aromatic nitrogens is 2. The van der Waals surface area contributed by atoms with Crippen LogP contribution in [0.25, 0.3) is 0 Å². The Morgan fingerprint density at radius 2 is 1.93 bits per heavy atom. The number of rotatable bonds is 8. The van der Waals surface area contributed by atoms with Crippen LogP contribution in [0.2, 0.25) is 5.02 Å². The minimum absolute atomic E-state index is 0.0620. The number of hydrogen-bond acceptors (Lipinski definition) is 6. The van der Waals surface area contributed by atoms with E-state index in [0.29, 0.717) is 16.5 Å². The molecule has 0 fully saturated rings. The Morgan fingerprint density at radius 3 is 2.59 bits per heavy atom. The lowest BCUT2D eigenvalue weighted by Gasteiger charge is -2.10. The highest BCUT2D eigenvalue weighted by atomic mass is 35.5. The molecule has 8 heteroatoms. The van der Waals surface area contributed by atoms with E-state index in [-0.39, 0.29) is 17.4 Å². The van der Waals surface area contributed by atoms with Crippen LogP contribution in [0.5, 0.6) is 11.6 Å². The zero-order valence-corrected chi connectivity index (χ0v) is 16.9. The number of benzene rings is 2. The maximum atomic E-state index is 11.7. The molecular formula is C21H21ClN4O3. The lowest BCUT2D eigenvalue weighted by atomic mass is 10.1. The van der Waals surface area contributed by atoms with Gasteiger partial charge in [0.1, 0.15) is 12.1 Å². The van der Waals surface area contributed by atoms with Gasteiger partial charge in [-0.2, -0.15) is 4.98 Å². The molecule has 0 bridgehead atoms. The first-order valence-corrected chi connectivity index (χ1v) is 9.65. The average Bonchev–Trinajstić information content (AvgIpc) is 2.70. The Hall–Kier alpha value is -3.19. The summed E-state index contributed by atoms with van der Waals surface area (Å²) in [4.78, 5) is 19.1. The van der Waals surface area contributed by atoms with E-state index in [1.807, 2.05) is 31.2 Å². The van der Waals surface area contributed by atoms with Gasteiger partial charge in [-0.05, 0) is 61.2 Å². The highest BCUT2D eigenvalue weighted by Gasteiger charge is 2.25. The summed E-state index contributed by atoms with van der Waals surface area (Å²) in [5, 5.41) is 15.3. The van der Waals surface area contributed by atoms with E-state index in [4.69, 9.17) is 16.3 Å². The minimum Gasteiger partial charge on any atom is -0.434 e. The third-order valence-corrected chi connectivity index (χ3v) is 4.77. The van der Waals surface area contributed by atoms with E-state index in [0.717, 1.165) is 24.8 Å². The number of unbranched alkanes of at least 4 members (excludes halogenated alkanes) is 1. The predicted octanol–water partition coefficient (Wildman–Crippen LogP) is 6.23. The first kappa shape index (κ1) is 20.5. The number of aryl methyl sites for hydroxylation is 2. The van der Waals surface area contributed by atoms with E-state index in [1.165, 1.54) is 11.9 Å². The molecule has 3 rings (SSSR count). The van der Waals surface area contributed by atoms with Crippen LogP contribution in [0.1, 0.15) is 30.9 Å². The van der Waals surface area contributed by atoms with Gasteiger partial charge in [0.15, 0.2) is 0 Å². The first-order valence-electron chi connectivity index (χ1n) is 9.27. The van der Waals surface area contributed by atoms with Crippen molar-refractivity contribution in [1.29, 1.82) is 0 Å². The standard InChI is InChI=1S/C21H21ClN4O3/c1-3-4-5-15-6-8-16(9-7-15)25-20-19(26(27)28)21(24-13-23-20)29-17-10-11-18(22)14(2)12-17/h6-13H,3-5H2,1-2H3,(H,23,24,25). The summed E-state index contributed by atoms with van der Waals surface area (Å²) in [5.41, 5.74) is 2.37. The molecule has 1 N–H and O–H groups in total. The van der Waals surface area contributed by atoms with Gasteiger partial charge in [-0.3, -0.25) is 10.1 Å². The van der Waals surface area contributed by atoms with Gasteiger partial charge >= 0.3 is 11.6 Å². The van der Waals surface area contributed by atoms with Crippen molar-refractivity contribution in [3.8, 4) is 11.6 Å². The number of nitrogens with zero attached hydrogens (tertiary/aromatic N) is 3. The topological polar surface area (TPSA) is 90.2 Å². The van der Waals surface area contributed by atoms with Crippen LogP contribution in [0.4, 0.5) is 17.2 Å². The number of hydrogen-bond donors (Lipinski definition) is 1. The Kier molecular flexibility index (Phi) is 6.61. The summed E-state index contributed by atoms with van der Waals surface area (Å²) < 4.78 is 5.66. The van der Waals surface area contributed by atoms with E-state index < -0.39 is 4.92 Å². The molecule has 2 aromatic carbocycles. The molecule has 0 aliphatic carbocycles. The maximum Gasteiger partial charge on any atom is 0.373 e. The molecule has 0 unspecified atom stereocenters. The zero-order valence-electron chi connectivity index (χ0n) is 16.2. The van der Waals surface area contributed by atoms with Crippen LogP contribution in [-0.2, 0) is 6.42 Å². The van der Waals surface area contributed by atoms with Crippen LogP contribution in [0, 0.1) is 17.0 Å². The molecule has 0 saturated heterocycles. The van der Waals surface area contributed by atoms with Gasteiger partial charge in [-0.1, -0.05) is 37.1 Å². The monoisotopic (exact) mass is 412 g/mol. The molecule has 3 aromatic rings. The van der Waals surface area contributed by atoms with E-state index in [1.54, 1.807) is 18.2 Å². The third kappa shape index (κ3) is 5.20. The highest BCUT2D eigenvalue weighted by molar-refractivity contribution is 6.31. The summed E-state index contributed by atoms with van der Waals surface area (Å²) in [7, 11) is 0. The minimum atomic E-state index is -0.559. The Morgan fingerprint density at radius 1 is 1.17 bits per heavy atom. The molecule has 0 aliphatic heterocycles. The molecule has 0 spiro atoms. The summed E-state index contributed by atoms with van der Waals surface area (Å²) >= 11 is 6.02. The van der Waals surface area contributed by atoms with Crippen molar-refractivity contribution in [1.82, 2.24) is 9.97 Å². The average molecular weight is 413 g/mol. The number of nitrogens with one attached hydrogen (secondary N) is 1. The molecule has 7 nitrogen and oxygen atoms in total. The summed E-state index contributed by atoms with van der Waals surface area (Å²) in [6, 6.07) is 12.7. The molecule has 0 atom stereocenters. The highest BCUT2D eigenvalue weighted by Crippen LogP contribution is 2.36. The second kappa shape index (κ2) is 9.34. The van der Waals surface area contributed by atoms with Crippen molar-refractivity contribution in [2.24, 2.45) is 0 Å². The third-order valence-electron chi connectivity index (χ3n) is 4.35. The van der Waals surface area contributed by atoms with E-state index in [9.17, 15) is 10.1 Å². The zero-order chi connectivity index (χ0) is 20.8. The SMILES string of the molecule is CCCCc1ccc(Nc2ncnc(Oc3ccc(Cl)c(C)c3)c2[N+](=O)[O-])cc1. The van der Waals surface area contributed by atoms with Gasteiger partial charge in [-0.15, -0.1) is 0 Å². The lowest BCUT2D eigenvalue weighted by molar-refractivity contribution is -0.385. The van der Waals surface area contributed by atoms with Gasteiger partial charge in [0, 0.05) is 10.7 Å². The first-order chi connectivity index (χ1) is 14.0. The summed E-state index contributed by atoms with van der Waals surface area (Å²) in [6.07, 6.45) is 4.48. The molecule has 0 radical (unpaired) electrons. The molecule has 0 saturated carbocycles. The van der Waals surface area contributed by atoms with Crippen molar-refractivity contribution >= 4 is 28.8 Å². The Labute approximate surface area is 173 Å². The molecule has 1 aromatic heterocycles. The van der Waals surface area contributed by atoms with Crippen LogP contribution < -0.4 is 10.1 Å². The fraction of sp³-hybridized carbons (Fsp3) is 0.238. The number of nitro groups is 1. The number of halogens is 1. The van der Waals surface area contributed by atoms with Gasteiger partial charge in [-0.25, -0.2) is 4.98 Å². The van der Waals surface area contributed by atoms with Gasteiger partial charge in [0.05, 0.1) is 4.92 Å². The lowest BCUT2D eigenvalue weighted by Crippen LogP contribution is -2.03. The van der Waals surface area contributed by atoms with Crippen molar-refractivity contribution in [3.05, 3.63) is 75.1 Å². The number of anilines is 2. The van der Waals surface area contributed by atoms with Crippen LogP contribution >= 0.6 is 11.6 Å². The fourth-order valence-corrected chi connectivity index (χ4v) is 2.88. The van der Waals surface area contributed by atoms with Gasteiger partial charge < -0.3 is 10.1 Å². The van der Waals surface area contributed by atoms with Crippen LogP contribution in [0.3, 0.4) is 0 Å². The van der Waals surface area contributed by atoms with Crippen molar-refractivity contribution in [2.75, 3.05) is 5.32 Å². The molecule has 1 heterocycles. The molecule has 0 amide bonds. The predicted molar refractivity (Wildman–Crippen MR) is 113 cm³/mol. The van der Waals surface area contributed by atoms with Gasteiger partial charge in [0.2, 0.25) is 5.82 Å². The second-order valence-corrected chi connectivity index (χ2v) is 6.98. The largest absolute Gasteiger partial charge is 0.434 e. The fourth-order valence-electron chi connectivity index (χ4n) is 2.76. The quantitative estimate of drug-likeness (QED) is 0.348.